The molecule has 2 aromatic carbocycles. The van der Waals surface area contributed by atoms with Gasteiger partial charge in [-0.2, -0.15) is 49.6 Å². The second-order valence-corrected chi connectivity index (χ2v) is 22.4. The minimum Gasteiger partial charge on any atom is -0.395 e. The number of alkyl halides is 8. The first-order chi connectivity index (χ1) is 32.6. The van der Waals surface area contributed by atoms with E-state index in [4.69, 9.17) is 17.3 Å². The molecule has 0 radical (unpaired) electrons. The van der Waals surface area contributed by atoms with Crippen LogP contribution in [0, 0.1) is 29.4 Å². The van der Waals surface area contributed by atoms with Crippen LogP contribution in [0.1, 0.15) is 72.0 Å². The molecule has 7 rings (SSSR count). The van der Waals surface area contributed by atoms with Gasteiger partial charge < -0.3 is 15.7 Å². The summed E-state index contributed by atoms with van der Waals surface area (Å²) in [6, 6.07) is 2.02. The fourth-order valence-electron chi connectivity index (χ4n) is 8.52. The molecule has 382 valence electrons. The van der Waals surface area contributed by atoms with Crippen molar-refractivity contribution in [1.29, 1.82) is 0 Å². The predicted molar refractivity (Wildman–Crippen MR) is 235 cm³/mol. The van der Waals surface area contributed by atoms with Gasteiger partial charge in [0.1, 0.15) is 40.4 Å². The smallest absolute Gasteiger partial charge is 0.395 e. The molecule has 3 N–H and O–H groups in total. The molecule has 2 aliphatic rings. The maximum atomic E-state index is 16.3. The monoisotopic (exact) mass is 1070 g/mol. The molecule has 15 nitrogen and oxygen atoms in total. The van der Waals surface area contributed by atoms with Crippen molar-refractivity contribution in [3.63, 3.8) is 0 Å². The van der Waals surface area contributed by atoms with Crippen LogP contribution in [-0.4, -0.2) is 107 Å². The van der Waals surface area contributed by atoms with Crippen LogP contribution in [-0.2, 0) is 49.7 Å². The summed E-state index contributed by atoms with van der Waals surface area (Å²) in [6.45, 7) is -0.845. The zero-order valence-electron chi connectivity index (χ0n) is 37.5. The number of nitrogens with two attached hydrogens (primary N) is 1. The number of primary amides is 1. The average molecular weight is 1070 g/mol. The van der Waals surface area contributed by atoms with Crippen LogP contribution in [0.4, 0.5) is 54.5 Å². The molecule has 71 heavy (non-hydrogen) atoms. The van der Waals surface area contributed by atoms with Gasteiger partial charge in [-0.15, -0.1) is 0 Å². The highest BCUT2D eigenvalue weighted by Gasteiger charge is 2.69. The Hall–Kier alpha value is -5.98. The lowest BCUT2D eigenvalue weighted by Gasteiger charge is -2.29. The van der Waals surface area contributed by atoms with Gasteiger partial charge >= 0.3 is 18.4 Å². The number of benzene rings is 2. The molecule has 0 saturated heterocycles. The van der Waals surface area contributed by atoms with E-state index < -0.39 is 190 Å². The van der Waals surface area contributed by atoms with Crippen LogP contribution in [0.15, 0.2) is 42.5 Å². The zero-order valence-corrected chi connectivity index (χ0v) is 39.9. The molecule has 3 aromatic heterocycles. The van der Waals surface area contributed by atoms with E-state index in [2.05, 4.69) is 27.0 Å². The van der Waals surface area contributed by atoms with Crippen molar-refractivity contribution < 1.29 is 75.4 Å². The number of anilines is 1. The lowest BCUT2D eigenvalue weighted by molar-refractivity contribution is -0.143. The second kappa shape index (κ2) is 17.9. The molecule has 1 fully saturated rings. The third kappa shape index (κ3) is 9.99. The van der Waals surface area contributed by atoms with Gasteiger partial charge in [0.2, 0.25) is 15.9 Å². The summed E-state index contributed by atoms with van der Waals surface area (Å²) in [6.07, 6.45) is -10.6. The standard InChI is InChI=1S/C43H39ClF10N8O7S2/c1-40(2,70(4,66)67)11-10-23-6-7-24(25-8-9-29(44)31-33(25)60(19-41(47,48)49)58-38(31)62(71(5,68)69)39(65)59(3)12-13-63)32(56-23)27(16-20-14-21(45)17-22(46)15-20)34(37(55)64)61-36-30(35(57-61)43(52,53)54)26-18-28(26)42(36,50)51/h6-9,14-15,17,26-28,34,63H,12-13,16,18-19H2,1-5H3,(H2,55,64)/t26-,27+,28+,34?/m0/s1. The maximum Gasteiger partial charge on any atom is 0.435 e. The topological polar surface area (TPSA) is 204 Å². The van der Waals surface area contributed by atoms with Gasteiger partial charge in [0, 0.05) is 54.4 Å². The average Bonchev–Trinajstić information content (AvgIpc) is 3.72. The van der Waals surface area contributed by atoms with Crippen molar-refractivity contribution >= 4 is 60.1 Å². The Kier molecular flexibility index (Phi) is 13.4. The summed E-state index contributed by atoms with van der Waals surface area (Å²) < 4.78 is 201. The summed E-state index contributed by atoms with van der Waals surface area (Å²) in [7, 11) is -7.79. The van der Waals surface area contributed by atoms with Gasteiger partial charge in [0.25, 0.3) is 5.92 Å². The van der Waals surface area contributed by atoms with Crippen molar-refractivity contribution in [3.05, 3.63) is 93.0 Å². The van der Waals surface area contributed by atoms with Crippen LogP contribution >= 0.6 is 11.6 Å². The minimum absolute atomic E-state index is 0.000581. The molecule has 2 aliphatic carbocycles. The number of sulfone groups is 1. The molecule has 5 aromatic rings. The van der Waals surface area contributed by atoms with Gasteiger partial charge in [-0.3, -0.25) is 9.48 Å². The number of rotatable bonds is 13. The van der Waals surface area contributed by atoms with E-state index in [1.807, 2.05) is 0 Å². The Bertz CT molecular complexity index is 3290. The number of carbonyl (C=O) groups is 2. The predicted octanol–water partition coefficient (Wildman–Crippen LogP) is 7.05. The highest BCUT2D eigenvalue weighted by molar-refractivity contribution is 7.93. The number of hydrogen-bond acceptors (Lipinski definition) is 10. The highest BCUT2D eigenvalue weighted by Crippen LogP contribution is 2.69. The third-order valence-corrected chi connectivity index (χ3v) is 15.3. The molecule has 4 atom stereocenters. The number of pyridine rings is 1. The van der Waals surface area contributed by atoms with E-state index in [1.54, 1.807) is 0 Å². The molecule has 1 unspecified atom stereocenters. The van der Waals surface area contributed by atoms with Gasteiger partial charge in [-0.25, -0.2) is 40.1 Å². The lowest BCUT2D eigenvalue weighted by Crippen LogP contribution is -2.45. The number of aliphatic hydroxyl groups is 1. The van der Waals surface area contributed by atoms with E-state index in [0.29, 0.717) is 29.4 Å². The molecule has 3 amide bonds. The number of hydrogen-bond donors (Lipinski definition) is 2. The molecule has 1 saturated carbocycles. The number of urea groups is 1. The molecule has 0 spiro atoms. The number of carbonyl (C=O) groups excluding carboxylic acids is 2. The summed E-state index contributed by atoms with van der Waals surface area (Å²) in [5.41, 5.74) is -1.34. The Balaban J connectivity index is 1.64. The van der Waals surface area contributed by atoms with Crippen molar-refractivity contribution in [3.8, 4) is 23.0 Å². The van der Waals surface area contributed by atoms with Gasteiger partial charge in [-0.1, -0.05) is 23.6 Å². The minimum atomic E-state index is -5.41. The summed E-state index contributed by atoms with van der Waals surface area (Å²) in [5.74, 6) is -9.40. The Morgan fingerprint density at radius 3 is 2.15 bits per heavy atom. The molecule has 28 heteroatoms. The van der Waals surface area contributed by atoms with Crippen LogP contribution in [0.2, 0.25) is 5.02 Å². The number of sulfonamides is 1. The summed E-state index contributed by atoms with van der Waals surface area (Å²) in [5, 5.41) is 15.7. The first kappa shape index (κ1) is 52.8. The van der Waals surface area contributed by atoms with Crippen LogP contribution in [0.3, 0.4) is 0 Å². The number of fused-ring (bicyclic) bond motifs is 4. The van der Waals surface area contributed by atoms with Crippen molar-refractivity contribution in [2.45, 2.75) is 74.1 Å². The Morgan fingerprint density at radius 2 is 1.61 bits per heavy atom. The Morgan fingerprint density at radius 1 is 0.986 bits per heavy atom. The van der Waals surface area contributed by atoms with E-state index in [-0.39, 0.29) is 13.7 Å². The third-order valence-electron chi connectivity index (χ3n) is 12.1. The van der Waals surface area contributed by atoms with E-state index in [1.165, 1.54) is 13.8 Å². The highest BCUT2D eigenvalue weighted by atomic mass is 35.5. The van der Waals surface area contributed by atoms with Crippen LogP contribution in [0.25, 0.3) is 22.0 Å². The van der Waals surface area contributed by atoms with Gasteiger partial charge in [0.15, 0.2) is 21.3 Å². The van der Waals surface area contributed by atoms with E-state index in [0.717, 1.165) is 37.6 Å². The molecule has 0 bridgehead atoms. The number of amides is 3. The van der Waals surface area contributed by atoms with Gasteiger partial charge in [-0.05, 0) is 74.4 Å². The molecular weight excluding hydrogens is 1030 g/mol. The zero-order chi connectivity index (χ0) is 52.9. The maximum absolute atomic E-state index is 16.3. The molecule has 3 heterocycles. The van der Waals surface area contributed by atoms with Crippen molar-refractivity contribution in [2.75, 3.05) is 37.0 Å². The first-order valence-corrected chi connectivity index (χ1v) is 24.9. The quantitative estimate of drug-likeness (QED) is 0.0908. The van der Waals surface area contributed by atoms with E-state index >= 15 is 8.78 Å². The molecular formula is C43H39ClF10N8O7S2. The normalized spacial score (nSPS) is 17.5. The van der Waals surface area contributed by atoms with Crippen molar-refractivity contribution in [1.82, 2.24) is 29.4 Å². The van der Waals surface area contributed by atoms with E-state index in [9.17, 15) is 66.7 Å². The summed E-state index contributed by atoms with van der Waals surface area (Å²) in [4.78, 5) is 32.9. The first-order valence-electron chi connectivity index (χ1n) is 20.8. The van der Waals surface area contributed by atoms with Gasteiger partial charge in [0.05, 0.1) is 34.5 Å². The second-order valence-electron chi connectivity index (χ2n) is 17.6. The van der Waals surface area contributed by atoms with Crippen LogP contribution in [0.5, 0.6) is 0 Å². The largest absolute Gasteiger partial charge is 0.435 e. The number of likely N-dealkylation sites (N-methyl/N-ethyl adjacent to an activating group) is 1. The van der Waals surface area contributed by atoms with Crippen LogP contribution < -0.4 is 10.0 Å². The SMILES string of the molecule is CN(CCO)C(=O)N(c1nn(CC(F)(F)F)c2c(-c3ccc(C#CC(C)(C)S(C)(=O)=O)nc3[C@@H](Cc3cc(F)cc(F)c3)C(C(N)=O)n3nc(C(F)(F)F)c4c3C(F)(F)[C@@H]3C[C@H]43)ccc(Cl)c12)S(C)(=O)=O. The van der Waals surface area contributed by atoms with Crippen molar-refractivity contribution in [2.24, 2.45) is 11.7 Å². The molecule has 0 aliphatic heterocycles. The number of nitrogens with zero attached hydrogens (tertiary/aromatic N) is 7. The fourth-order valence-corrected chi connectivity index (χ4v) is 9.86. The lowest BCUT2D eigenvalue weighted by atomic mass is 9.84. The summed E-state index contributed by atoms with van der Waals surface area (Å²) >= 11 is 6.63. The fraction of sp³-hybridized carbons (Fsp3) is 0.419. The number of aromatic nitrogens is 5. The number of halogens is 11. The Labute approximate surface area is 402 Å². The number of aliphatic hydroxyl groups excluding tert-OH is 1.